The van der Waals surface area contributed by atoms with Crippen LogP contribution in [0.2, 0.25) is 0 Å². The number of anilines is 1. The van der Waals surface area contributed by atoms with E-state index in [-0.39, 0.29) is 18.0 Å². The Balaban J connectivity index is 2.08. The van der Waals surface area contributed by atoms with E-state index < -0.39 is 4.92 Å². The molecule has 0 aliphatic heterocycles. The molecule has 3 aromatic rings. The van der Waals surface area contributed by atoms with Crippen molar-refractivity contribution >= 4 is 27.7 Å². The van der Waals surface area contributed by atoms with E-state index in [9.17, 15) is 10.1 Å². The molecule has 0 atom stereocenters. The van der Waals surface area contributed by atoms with Crippen molar-refractivity contribution in [3.8, 4) is 10.6 Å². The van der Waals surface area contributed by atoms with E-state index in [1.54, 1.807) is 17.7 Å². The topological polar surface area (TPSA) is 121 Å². The number of fused-ring (bicyclic) bond motifs is 1. The zero-order valence-corrected chi connectivity index (χ0v) is 11.7. The van der Waals surface area contributed by atoms with Crippen LogP contribution in [0.25, 0.3) is 15.5 Å². The van der Waals surface area contributed by atoms with Crippen molar-refractivity contribution in [2.75, 3.05) is 12.8 Å². The summed E-state index contributed by atoms with van der Waals surface area (Å²) >= 11 is 1.28. The van der Waals surface area contributed by atoms with Gasteiger partial charge in [-0.3, -0.25) is 10.1 Å². The van der Waals surface area contributed by atoms with Crippen molar-refractivity contribution in [1.29, 1.82) is 0 Å². The number of methoxy groups -OCH3 is 1. The molecule has 1 aromatic carbocycles. The molecule has 0 amide bonds. The maximum absolute atomic E-state index is 10.9. The number of nitrogens with zero attached hydrogens (tertiary/aromatic N) is 5. The molecule has 9 nitrogen and oxygen atoms in total. The summed E-state index contributed by atoms with van der Waals surface area (Å²) < 4.78 is 6.57. The quantitative estimate of drug-likeness (QED) is 0.440. The Kier molecular flexibility index (Phi) is 3.23. The van der Waals surface area contributed by atoms with Gasteiger partial charge in [0.2, 0.25) is 4.96 Å². The van der Waals surface area contributed by atoms with Crippen molar-refractivity contribution in [1.82, 2.24) is 19.8 Å². The van der Waals surface area contributed by atoms with E-state index in [0.29, 0.717) is 21.4 Å². The fraction of sp³-hybridized carbons (Fsp3) is 0.182. The molecular formula is C11H10N6O3S. The first-order valence-corrected chi connectivity index (χ1v) is 6.66. The maximum atomic E-state index is 10.9. The zero-order valence-electron chi connectivity index (χ0n) is 10.9. The second-order valence-electron chi connectivity index (χ2n) is 4.18. The van der Waals surface area contributed by atoms with Crippen molar-refractivity contribution < 1.29 is 9.66 Å². The molecule has 0 radical (unpaired) electrons. The van der Waals surface area contributed by atoms with E-state index >= 15 is 0 Å². The molecule has 21 heavy (non-hydrogen) atoms. The van der Waals surface area contributed by atoms with Gasteiger partial charge in [-0.1, -0.05) is 11.3 Å². The minimum absolute atomic E-state index is 0.117. The van der Waals surface area contributed by atoms with E-state index in [4.69, 9.17) is 10.5 Å². The lowest BCUT2D eigenvalue weighted by Crippen LogP contribution is -1.98. The number of ether oxygens (including phenoxy) is 1. The molecule has 0 fully saturated rings. The molecular weight excluding hydrogens is 296 g/mol. The summed E-state index contributed by atoms with van der Waals surface area (Å²) in [5.74, 6) is 0.569. The monoisotopic (exact) mass is 306 g/mol. The van der Waals surface area contributed by atoms with Crippen molar-refractivity contribution in [3.05, 3.63) is 34.1 Å². The predicted molar refractivity (Wildman–Crippen MR) is 75.9 cm³/mol. The number of rotatable bonds is 4. The second-order valence-corrected chi connectivity index (χ2v) is 5.14. The minimum Gasteiger partial charge on any atom is -0.393 e. The van der Waals surface area contributed by atoms with Crippen molar-refractivity contribution in [2.45, 2.75) is 6.61 Å². The van der Waals surface area contributed by atoms with Crippen molar-refractivity contribution in [3.63, 3.8) is 0 Å². The summed E-state index contributed by atoms with van der Waals surface area (Å²) in [7, 11) is 1.55. The van der Waals surface area contributed by atoms with Gasteiger partial charge in [-0.2, -0.15) is 9.61 Å². The molecule has 0 saturated heterocycles. The molecule has 0 aliphatic carbocycles. The molecule has 3 rings (SSSR count). The van der Waals surface area contributed by atoms with Gasteiger partial charge in [-0.25, -0.2) is 0 Å². The molecule has 0 saturated carbocycles. The number of nitro benzene ring substituents is 1. The Morgan fingerprint density at radius 1 is 1.48 bits per heavy atom. The highest BCUT2D eigenvalue weighted by Crippen LogP contribution is 2.31. The normalized spacial score (nSPS) is 11.1. The van der Waals surface area contributed by atoms with Gasteiger partial charge in [-0.05, 0) is 12.1 Å². The largest absolute Gasteiger partial charge is 0.393 e. The third-order valence-electron chi connectivity index (χ3n) is 2.80. The first kappa shape index (κ1) is 13.4. The lowest BCUT2D eigenvalue weighted by molar-refractivity contribution is -0.383. The fourth-order valence-electron chi connectivity index (χ4n) is 1.83. The van der Waals surface area contributed by atoms with Gasteiger partial charge >= 0.3 is 0 Å². The van der Waals surface area contributed by atoms with Gasteiger partial charge < -0.3 is 10.5 Å². The van der Waals surface area contributed by atoms with Crippen LogP contribution in [-0.4, -0.2) is 31.8 Å². The molecule has 0 spiro atoms. The van der Waals surface area contributed by atoms with Gasteiger partial charge in [0.1, 0.15) is 17.3 Å². The van der Waals surface area contributed by atoms with E-state index in [0.717, 1.165) is 0 Å². The van der Waals surface area contributed by atoms with E-state index in [1.807, 2.05) is 0 Å². The highest BCUT2D eigenvalue weighted by atomic mass is 32.1. The van der Waals surface area contributed by atoms with Crippen molar-refractivity contribution in [2.24, 2.45) is 0 Å². The number of nitro groups is 1. The zero-order chi connectivity index (χ0) is 15.0. The maximum Gasteiger partial charge on any atom is 0.292 e. The highest BCUT2D eigenvalue weighted by Gasteiger charge is 2.17. The smallest absolute Gasteiger partial charge is 0.292 e. The predicted octanol–water partition coefficient (Wildman–Crippen LogP) is 1.49. The van der Waals surface area contributed by atoms with Crippen LogP contribution in [0.5, 0.6) is 0 Å². The number of nitrogens with two attached hydrogens (primary N) is 1. The summed E-state index contributed by atoms with van der Waals surface area (Å²) in [5, 5.41) is 23.8. The average Bonchev–Trinajstić information content (AvgIpc) is 3.01. The molecule has 0 aliphatic rings. The van der Waals surface area contributed by atoms with Crippen LogP contribution in [-0.2, 0) is 11.3 Å². The number of hydrogen-bond acceptors (Lipinski definition) is 8. The summed E-state index contributed by atoms with van der Waals surface area (Å²) in [5.41, 5.74) is 6.17. The molecule has 0 unspecified atom stereocenters. The van der Waals surface area contributed by atoms with Gasteiger partial charge in [0.15, 0.2) is 5.82 Å². The Labute approximate surface area is 122 Å². The van der Waals surface area contributed by atoms with Crippen LogP contribution in [0.3, 0.4) is 0 Å². The summed E-state index contributed by atoms with van der Waals surface area (Å²) in [6.07, 6.45) is 0. The molecule has 108 valence electrons. The number of aromatic nitrogens is 4. The van der Waals surface area contributed by atoms with Gasteiger partial charge in [0.25, 0.3) is 5.69 Å². The first-order chi connectivity index (χ1) is 10.1. The number of benzene rings is 1. The first-order valence-electron chi connectivity index (χ1n) is 5.84. The van der Waals surface area contributed by atoms with Crippen LogP contribution < -0.4 is 5.73 Å². The summed E-state index contributed by atoms with van der Waals surface area (Å²) in [4.78, 5) is 11.0. The fourth-order valence-corrected chi connectivity index (χ4v) is 2.68. The molecule has 2 aromatic heterocycles. The highest BCUT2D eigenvalue weighted by molar-refractivity contribution is 7.19. The van der Waals surface area contributed by atoms with Crippen LogP contribution in [0.1, 0.15) is 5.82 Å². The summed E-state index contributed by atoms with van der Waals surface area (Å²) in [6, 6.07) is 4.58. The van der Waals surface area contributed by atoms with Gasteiger partial charge in [-0.15, -0.1) is 10.2 Å². The SMILES string of the molecule is COCc1nnc2sc(-c3ccc(N)c([N+](=O)[O-])c3)nn12. The Morgan fingerprint density at radius 2 is 2.29 bits per heavy atom. The Bertz CT molecular complexity index is 827. The van der Waals surface area contributed by atoms with Gasteiger partial charge in [0.05, 0.1) is 4.92 Å². The number of hydrogen-bond donors (Lipinski definition) is 1. The summed E-state index contributed by atoms with van der Waals surface area (Å²) in [6.45, 7) is 0.284. The second kappa shape index (κ2) is 5.07. The lowest BCUT2D eigenvalue weighted by Gasteiger charge is -1.99. The number of nitrogen functional groups attached to an aromatic ring is 1. The third-order valence-corrected chi connectivity index (χ3v) is 3.75. The molecule has 2 heterocycles. The van der Waals surface area contributed by atoms with E-state index in [2.05, 4.69) is 15.3 Å². The standard InChI is InChI=1S/C11H10N6O3S/c1-20-5-9-13-14-11-16(9)15-10(21-11)6-2-3-7(12)8(4-6)17(18)19/h2-4H,5,12H2,1H3. The minimum atomic E-state index is -0.518. The van der Waals surface area contributed by atoms with Crippen LogP contribution >= 0.6 is 11.3 Å². The van der Waals surface area contributed by atoms with Crippen LogP contribution in [0.15, 0.2) is 18.2 Å². The lowest BCUT2D eigenvalue weighted by atomic mass is 10.2. The molecule has 10 heteroatoms. The van der Waals surface area contributed by atoms with Crippen LogP contribution in [0.4, 0.5) is 11.4 Å². The van der Waals surface area contributed by atoms with Crippen LogP contribution in [0, 0.1) is 10.1 Å². The van der Waals surface area contributed by atoms with Gasteiger partial charge in [0, 0.05) is 18.7 Å². The van der Waals surface area contributed by atoms with E-state index in [1.165, 1.54) is 23.5 Å². The average molecular weight is 306 g/mol. The Hall–Kier alpha value is -2.59. The molecule has 0 bridgehead atoms. The molecule has 2 N–H and O–H groups in total. The Morgan fingerprint density at radius 3 is 3.00 bits per heavy atom. The third kappa shape index (κ3) is 2.30.